The summed E-state index contributed by atoms with van der Waals surface area (Å²) < 4.78 is 5.95. The SMILES string of the molecule is O=C1Nc2ccc(Cl)cc2C1=Cc1ccc(-c2cccc(C(=O)NCC(O)c3ccccn3)c2)o1. The van der Waals surface area contributed by atoms with Crippen LogP contribution in [-0.2, 0) is 4.79 Å². The van der Waals surface area contributed by atoms with Crippen molar-refractivity contribution in [3.63, 3.8) is 0 Å². The number of carbonyl (C=O) groups excluding carboxylic acids is 2. The maximum absolute atomic E-state index is 12.6. The number of anilines is 1. The molecule has 7 nitrogen and oxygen atoms in total. The summed E-state index contributed by atoms with van der Waals surface area (Å²) in [5.41, 5.74) is 3.48. The van der Waals surface area contributed by atoms with E-state index in [1.165, 1.54) is 0 Å². The van der Waals surface area contributed by atoms with Gasteiger partial charge in [-0.25, -0.2) is 0 Å². The second-order valence-electron chi connectivity index (χ2n) is 7.97. The second kappa shape index (κ2) is 9.58. The van der Waals surface area contributed by atoms with Crippen molar-refractivity contribution in [1.29, 1.82) is 0 Å². The molecule has 8 heteroatoms. The third-order valence-corrected chi connectivity index (χ3v) is 5.81. The maximum atomic E-state index is 12.6. The van der Waals surface area contributed by atoms with Crippen molar-refractivity contribution in [2.45, 2.75) is 6.10 Å². The molecule has 3 N–H and O–H groups in total. The van der Waals surface area contributed by atoms with Gasteiger partial charge in [0.1, 0.15) is 17.6 Å². The number of aromatic nitrogens is 1. The lowest BCUT2D eigenvalue weighted by molar-refractivity contribution is -0.110. The van der Waals surface area contributed by atoms with E-state index in [4.69, 9.17) is 16.0 Å². The predicted octanol–water partition coefficient (Wildman–Crippen LogP) is 4.95. The average molecular weight is 486 g/mol. The number of aliphatic hydroxyl groups excluding tert-OH is 1. The van der Waals surface area contributed by atoms with Crippen molar-refractivity contribution >= 4 is 40.8 Å². The minimum Gasteiger partial charge on any atom is -0.457 e. The highest BCUT2D eigenvalue weighted by molar-refractivity contribution is 6.36. The molecule has 0 aliphatic carbocycles. The summed E-state index contributed by atoms with van der Waals surface area (Å²) in [5.74, 6) is 0.481. The van der Waals surface area contributed by atoms with Crippen LogP contribution in [0.2, 0.25) is 5.02 Å². The van der Waals surface area contributed by atoms with E-state index in [2.05, 4.69) is 15.6 Å². The number of nitrogens with one attached hydrogen (secondary N) is 2. The quantitative estimate of drug-likeness (QED) is 0.335. The number of amides is 2. The Kier molecular flexibility index (Phi) is 6.18. The van der Waals surface area contributed by atoms with Gasteiger partial charge in [-0.1, -0.05) is 29.8 Å². The molecule has 0 fully saturated rings. The highest BCUT2D eigenvalue weighted by Crippen LogP contribution is 2.35. The van der Waals surface area contributed by atoms with Crippen LogP contribution < -0.4 is 10.6 Å². The first-order valence-electron chi connectivity index (χ1n) is 10.9. The fourth-order valence-electron chi connectivity index (χ4n) is 3.81. The van der Waals surface area contributed by atoms with Gasteiger partial charge >= 0.3 is 0 Å². The molecular formula is C27H20ClN3O4. The Bertz CT molecular complexity index is 1450. The zero-order valence-corrected chi connectivity index (χ0v) is 19.1. The smallest absolute Gasteiger partial charge is 0.256 e. The van der Waals surface area contributed by atoms with Crippen LogP contribution in [0.1, 0.15) is 33.5 Å². The van der Waals surface area contributed by atoms with Crippen molar-refractivity contribution < 1.29 is 19.1 Å². The monoisotopic (exact) mass is 485 g/mol. The van der Waals surface area contributed by atoms with Gasteiger partial charge in [0, 0.05) is 40.1 Å². The Morgan fingerprint density at radius 2 is 2.00 bits per heavy atom. The van der Waals surface area contributed by atoms with E-state index in [0.29, 0.717) is 50.2 Å². The molecular weight excluding hydrogens is 466 g/mol. The molecule has 5 rings (SSSR count). The number of pyridine rings is 1. The highest BCUT2D eigenvalue weighted by atomic mass is 35.5. The molecule has 0 radical (unpaired) electrons. The molecule has 3 heterocycles. The Labute approximate surface area is 206 Å². The molecule has 1 unspecified atom stereocenters. The fraction of sp³-hybridized carbons (Fsp3) is 0.0741. The van der Waals surface area contributed by atoms with Gasteiger partial charge in [0.2, 0.25) is 0 Å². The molecule has 1 atom stereocenters. The lowest BCUT2D eigenvalue weighted by Gasteiger charge is -2.11. The molecule has 174 valence electrons. The number of aliphatic hydroxyl groups is 1. The van der Waals surface area contributed by atoms with Gasteiger partial charge in [0.15, 0.2) is 0 Å². The van der Waals surface area contributed by atoms with E-state index in [0.717, 1.165) is 0 Å². The number of rotatable bonds is 6. The summed E-state index contributed by atoms with van der Waals surface area (Å²) in [7, 11) is 0. The van der Waals surface area contributed by atoms with E-state index < -0.39 is 6.10 Å². The van der Waals surface area contributed by atoms with Crippen LogP contribution in [0, 0.1) is 0 Å². The molecule has 2 amide bonds. The number of nitrogens with zero attached hydrogens (tertiary/aromatic N) is 1. The third kappa shape index (κ3) is 4.87. The van der Waals surface area contributed by atoms with Gasteiger partial charge in [0.05, 0.1) is 11.3 Å². The van der Waals surface area contributed by atoms with Crippen molar-refractivity contribution in [2.24, 2.45) is 0 Å². The fourth-order valence-corrected chi connectivity index (χ4v) is 3.99. The Morgan fingerprint density at radius 1 is 1.11 bits per heavy atom. The molecule has 0 saturated heterocycles. The second-order valence-corrected chi connectivity index (χ2v) is 8.40. The molecule has 0 saturated carbocycles. The lowest BCUT2D eigenvalue weighted by Crippen LogP contribution is -2.28. The molecule has 4 aromatic rings. The van der Waals surface area contributed by atoms with Crippen molar-refractivity contribution in [3.8, 4) is 11.3 Å². The van der Waals surface area contributed by atoms with Gasteiger partial charge in [-0.3, -0.25) is 14.6 Å². The first kappa shape index (κ1) is 22.6. The number of hydrogen-bond acceptors (Lipinski definition) is 5. The highest BCUT2D eigenvalue weighted by Gasteiger charge is 2.24. The summed E-state index contributed by atoms with van der Waals surface area (Å²) in [6, 6.07) is 20.9. The Balaban J connectivity index is 1.32. The van der Waals surface area contributed by atoms with Crippen molar-refractivity contribution in [2.75, 3.05) is 11.9 Å². The van der Waals surface area contributed by atoms with Crippen LogP contribution in [0.25, 0.3) is 23.0 Å². The van der Waals surface area contributed by atoms with Crippen molar-refractivity contribution in [1.82, 2.24) is 10.3 Å². The first-order valence-corrected chi connectivity index (χ1v) is 11.3. The standard InChI is InChI=1S/C27H20ClN3O4/c28-18-7-9-22-20(13-18)21(27(34)31-22)14-19-8-10-25(35-19)16-4-3-5-17(12-16)26(33)30-15-24(32)23-6-1-2-11-29-23/h1-14,24,32H,15H2,(H,30,33)(H,31,34). The molecule has 1 aliphatic heterocycles. The van der Waals surface area contributed by atoms with Crippen LogP contribution in [-0.4, -0.2) is 28.4 Å². The molecule has 2 aromatic heterocycles. The zero-order chi connectivity index (χ0) is 24.4. The number of fused-ring (bicyclic) bond motifs is 1. The molecule has 2 aromatic carbocycles. The van der Waals surface area contributed by atoms with E-state index >= 15 is 0 Å². The Hall–Kier alpha value is -4.20. The molecule has 0 spiro atoms. The maximum Gasteiger partial charge on any atom is 0.256 e. The van der Waals surface area contributed by atoms with Crippen LogP contribution in [0.3, 0.4) is 0 Å². The van der Waals surface area contributed by atoms with E-state index in [-0.39, 0.29) is 18.4 Å². The number of furan rings is 1. The summed E-state index contributed by atoms with van der Waals surface area (Å²) >= 11 is 6.10. The van der Waals surface area contributed by atoms with Gasteiger partial charge in [-0.05, 0) is 60.7 Å². The van der Waals surface area contributed by atoms with Gasteiger partial charge in [-0.2, -0.15) is 0 Å². The number of halogens is 1. The van der Waals surface area contributed by atoms with Crippen LogP contribution in [0.5, 0.6) is 0 Å². The molecule has 0 bridgehead atoms. The summed E-state index contributed by atoms with van der Waals surface area (Å²) in [6.07, 6.45) is 2.35. The summed E-state index contributed by atoms with van der Waals surface area (Å²) in [6.45, 7) is 0.0338. The van der Waals surface area contributed by atoms with E-state index in [1.807, 2.05) is 6.07 Å². The number of hydrogen-bond donors (Lipinski definition) is 3. The Morgan fingerprint density at radius 3 is 2.83 bits per heavy atom. The summed E-state index contributed by atoms with van der Waals surface area (Å²) in [5, 5.41) is 16.3. The minimum absolute atomic E-state index is 0.0338. The van der Waals surface area contributed by atoms with Gasteiger partial charge < -0.3 is 20.2 Å². The summed E-state index contributed by atoms with van der Waals surface area (Å²) in [4.78, 5) is 29.1. The zero-order valence-electron chi connectivity index (χ0n) is 18.4. The average Bonchev–Trinajstić information content (AvgIpc) is 3.47. The lowest BCUT2D eigenvalue weighted by atomic mass is 10.1. The largest absolute Gasteiger partial charge is 0.457 e. The van der Waals surface area contributed by atoms with Crippen LogP contribution >= 0.6 is 11.6 Å². The number of carbonyl (C=O) groups is 2. The van der Waals surface area contributed by atoms with Crippen molar-refractivity contribution in [3.05, 3.63) is 107 Å². The first-order chi connectivity index (χ1) is 17.0. The topological polar surface area (TPSA) is 104 Å². The van der Waals surface area contributed by atoms with E-state index in [1.54, 1.807) is 79.0 Å². The predicted molar refractivity (Wildman–Crippen MR) is 134 cm³/mol. The third-order valence-electron chi connectivity index (χ3n) is 5.57. The molecule has 35 heavy (non-hydrogen) atoms. The van der Waals surface area contributed by atoms with Crippen LogP contribution in [0.4, 0.5) is 5.69 Å². The normalized spacial score (nSPS) is 14.5. The van der Waals surface area contributed by atoms with Gasteiger partial charge in [-0.15, -0.1) is 0 Å². The number of benzene rings is 2. The van der Waals surface area contributed by atoms with E-state index in [9.17, 15) is 14.7 Å². The molecule has 1 aliphatic rings. The van der Waals surface area contributed by atoms with Gasteiger partial charge in [0.25, 0.3) is 11.8 Å². The minimum atomic E-state index is -0.906. The van der Waals surface area contributed by atoms with Crippen LogP contribution in [0.15, 0.2) is 83.4 Å².